The van der Waals surface area contributed by atoms with Gasteiger partial charge >= 0.3 is 26.2 Å². The average Bonchev–Trinajstić information content (AvgIpc) is 1.86. The predicted octanol–water partition coefficient (Wildman–Crippen LogP) is -4.28. The minimum Gasteiger partial charge on any atom is -1.00 e. The minimum absolute atomic E-state index is 0. The first kappa shape index (κ1) is 16.0. The summed E-state index contributed by atoms with van der Waals surface area (Å²) in [5.41, 5.74) is 1.34. The van der Waals surface area contributed by atoms with Gasteiger partial charge in [0.25, 0.3) is 0 Å². The summed E-state index contributed by atoms with van der Waals surface area (Å²) in [5.74, 6) is 0. The van der Waals surface area contributed by atoms with Gasteiger partial charge in [-0.2, -0.15) is 17.7 Å². The molecule has 0 saturated heterocycles. The van der Waals surface area contributed by atoms with Gasteiger partial charge in [-0.15, -0.1) is 0 Å². The van der Waals surface area contributed by atoms with E-state index < -0.39 is 0 Å². The molecule has 0 amide bonds. The Balaban J connectivity index is -0.000000120. The minimum atomic E-state index is 0. The molecule has 0 nitrogen and oxygen atoms in total. The van der Waals surface area contributed by atoms with Gasteiger partial charge in [0.05, 0.1) is 0 Å². The second-order valence-corrected chi connectivity index (χ2v) is 1.46. The van der Waals surface area contributed by atoms with E-state index in [4.69, 9.17) is 0 Å². The molecule has 0 aromatic heterocycles. The standard InChI is InChI=1S/C6H7.2FH.Zr/c1-6-4-2-3-5-6;;;/h2-5H,1H3;2*1H;/q-1;;;+3/p-2. The molecule has 1 aromatic rings. The van der Waals surface area contributed by atoms with Gasteiger partial charge < -0.3 is 9.41 Å². The molecule has 0 atom stereocenters. The largest absolute Gasteiger partial charge is 3.00 e. The van der Waals surface area contributed by atoms with E-state index in [-0.39, 0.29) is 35.6 Å². The summed E-state index contributed by atoms with van der Waals surface area (Å²) < 4.78 is 0. The SMILES string of the molecule is C[c-]1cccc1.[F-].[F-].[Zr+3]. The molecule has 3 heteroatoms. The third-order valence-electron chi connectivity index (χ3n) is 0.829. The summed E-state index contributed by atoms with van der Waals surface area (Å²) in [6.45, 7) is 2.08. The molecule has 0 fully saturated rings. The van der Waals surface area contributed by atoms with Crippen LogP contribution in [0.1, 0.15) is 5.56 Å². The number of hydrogen-bond donors (Lipinski definition) is 0. The Morgan fingerprint density at radius 1 is 1.00 bits per heavy atom. The van der Waals surface area contributed by atoms with Crippen molar-refractivity contribution >= 4 is 0 Å². The predicted molar refractivity (Wildman–Crippen MR) is 26.8 cm³/mol. The van der Waals surface area contributed by atoms with Crippen LogP contribution < -0.4 is 9.41 Å². The Morgan fingerprint density at radius 2 is 1.33 bits per heavy atom. The van der Waals surface area contributed by atoms with Gasteiger partial charge in [0.1, 0.15) is 0 Å². The van der Waals surface area contributed by atoms with Crippen LogP contribution in [0.4, 0.5) is 0 Å². The van der Waals surface area contributed by atoms with Gasteiger partial charge in [0.2, 0.25) is 0 Å². The van der Waals surface area contributed by atoms with Crippen LogP contribution in [-0.4, -0.2) is 0 Å². The molecule has 0 saturated carbocycles. The van der Waals surface area contributed by atoms with Crippen molar-refractivity contribution in [3.05, 3.63) is 29.8 Å². The first-order valence-electron chi connectivity index (χ1n) is 2.08. The molecule has 49 valence electrons. The molecule has 0 unspecified atom stereocenters. The van der Waals surface area contributed by atoms with E-state index in [1.165, 1.54) is 5.56 Å². The van der Waals surface area contributed by atoms with Crippen LogP contribution in [0.3, 0.4) is 0 Å². The maximum absolute atomic E-state index is 2.08. The van der Waals surface area contributed by atoms with Crippen LogP contribution in [0.5, 0.6) is 0 Å². The van der Waals surface area contributed by atoms with Crippen LogP contribution in [-0.2, 0) is 26.2 Å². The summed E-state index contributed by atoms with van der Waals surface area (Å²) in [7, 11) is 0. The Labute approximate surface area is 72.5 Å². The van der Waals surface area contributed by atoms with E-state index in [1.807, 2.05) is 12.1 Å². The van der Waals surface area contributed by atoms with Crippen molar-refractivity contribution < 1.29 is 35.6 Å². The second kappa shape index (κ2) is 8.09. The number of halogens is 2. The molecule has 9 heavy (non-hydrogen) atoms. The topological polar surface area (TPSA) is 0 Å². The maximum atomic E-state index is 2.08. The fourth-order valence-corrected chi connectivity index (χ4v) is 0.470. The first-order valence-corrected chi connectivity index (χ1v) is 2.08. The van der Waals surface area contributed by atoms with Crippen molar-refractivity contribution in [3.63, 3.8) is 0 Å². The molecule has 0 aliphatic heterocycles. The zero-order valence-electron chi connectivity index (χ0n) is 5.07. The number of hydrogen-bond acceptors (Lipinski definition) is 0. The van der Waals surface area contributed by atoms with E-state index >= 15 is 0 Å². The van der Waals surface area contributed by atoms with Gasteiger partial charge in [-0.25, -0.2) is 12.1 Å². The Kier molecular flexibility index (Phi) is 14.4. The van der Waals surface area contributed by atoms with Crippen molar-refractivity contribution in [1.82, 2.24) is 0 Å². The Bertz CT molecular complexity index is 115. The van der Waals surface area contributed by atoms with Crippen molar-refractivity contribution in [3.8, 4) is 0 Å². The molecular formula is C6H7F2Zr. The molecular weight excluding hydrogens is 201 g/mol. The van der Waals surface area contributed by atoms with Crippen molar-refractivity contribution in [1.29, 1.82) is 0 Å². The molecule has 1 radical (unpaired) electrons. The molecule has 1 rings (SSSR count). The van der Waals surface area contributed by atoms with Crippen LogP contribution in [0.2, 0.25) is 0 Å². The summed E-state index contributed by atoms with van der Waals surface area (Å²) in [5, 5.41) is 0. The van der Waals surface area contributed by atoms with Crippen LogP contribution in [0, 0.1) is 6.92 Å². The van der Waals surface area contributed by atoms with Gasteiger partial charge in [0.15, 0.2) is 0 Å². The van der Waals surface area contributed by atoms with Crippen molar-refractivity contribution in [2.45, 2.75) is 6.92 Å². The monoisotopic (exact) mass is 207 g/mol. The van der Waals surface area contributed by atoms with Crippen LogP contribution in [0.15, 0.2) is 24.3 Å². The summed E-state index contributed by atoms with van der Waals surface area (Å²) in [6, 6.07) is 8.24. The van der Waals surface area contributed by atoms with E-state index in [2.05, 4.69) is 19.1 Å². The summed E-state index contributed by atoms with van der Waals surface area (Å²) in [4.78, 5) is 0. The van der Waals surface area contributed by atoms with E-state index in [1.54, 1.807) is 0 Å². The molecule has 0 aliphatic carbocycles. The first-order chi connectivity index (χ1) is 2.89. The Morgan fingerprint density at radius 3 is 1.44 bits per heavy atom. The van der Waals surface area contributed by atoms with Gasteiger partial charge in [0, 0.05) is 0 Å². The zero-order valence-corrected chi connectivity index (χ0v) is 7.52. The Hall–Kier alpha value is 0.0931. The molecule has 1 aromatic carbocycles. The molecule has 0 spiro atoms. The summed E-state index contributed by atoms with van der Waals surface area (Å²) in [6.07, 6.45) is 0. The molecule has 0 bridgehead atoms. The summed E-state index contributed by atoms with van der Waals surface area (Å²) >= 11 is 0. The average molecular weight is 208 g/mol. The number of rotatable bonds is 0. The smallest absolute Gasteiger partial charge is 1.00 e. The molecule has 0 heterocycles. The fourth-order valence-electron chi connectivity index (χ4n) is 0.470. The van der Waals surface area contributed by atoms with Gasteiger partial charge in [-0.1, -0.05) is 6.92 Å². The quantitative estimate of drug-likeness (QED) is 0.379. The van der Waals surface area contributed by atoms with Crippen LogP contribution >= 0.6 is 0 Å². The van der Waals surface area contributed by atoms with Gasteiger partial charge in [-0.3, -0.25) is 0 Å². The van der Waals surface area contributed by atoms with Gasteiger partial charge in [-0.05, 0) is 0 Å². The molecule has 0 N–H and O–H groups in total. The number of aryl methyl sites for hydroxylation is 1. The second-order valence-electron chi connectivity index (χ2n) is 1.46. The van der Waals surface area contributed by atoms with E-state index in [9.17, 15) is 0 Å². The van der Waals surface area contributed by atoms with Crippen molar-refractivity contribution in [2.24, 2.45) is 0 Å². The third-order valence-corrected chi connectivity index (χ3v) is 0.829. The normalized spacial score (nSPS) is 5.89. The molecule has 0 aliphatic rings. The van der Waals surface area contributed by atoms with Crippen molar-refractivity contribution in [2.75, 3.05) is 0 Å². The van der Waals surface area contributed by atoms with E-state index in [0.717, 1.165) is 0 Å². The van der Waals surface area contributed by atoms with E-state index in [0.29, 0.717) is 0 Å². The zero-order chi connectivity index (χ0) is 4.41. The fraction of sp³-hybridized carbons (Fsp3) is 0.167. The van der Waals surface area contributed by atoms with Crippen LogP contribution in [0.25, 0.3) is 0 Å². The third kappa shape index (κ3) is 5.97. The maximum Gasteiger partial charge on any atom is 3.00 e.